The lowest BCUT2D eigenvalue weighted by atomic mass is 10.0. The Labute approximate surface area is 275 Å². The second kappa shape index (κ2) is 10.0. The van der Waals surface area contributed by atoms with Crippen molar-refractivity contribution < 1.29 is 16.4 Å². The van der Waals surface area contributed by atoms with Crippen molar-refractivity contribution in [2.24, 2.45) is 0 Å². The van der Waals surface area contributed by atoms with E-state index in [2.05, 4.69) is 0 Å². The van der Waals surface area contributed by atoms with Crippen molar-refractivity contribution in [3.63, 3.8) is 0 Å². The number of para-hydroxylation sites is 3. The maximum absolute atomic E-state index is 9.42. The minimum atomic E-state index is -0.695. The van der Waals surface area contributed by atoms with Gasteiger partial charge in [0, 0.05) is 53.3 Å². The Kier molecular flexibility index (Phi) is 3.59. The molecule has 0 radical (unpaired) electrons. The first-order valence-electron chi connectivity index (χ1n) is 19.8. The van der Waals surface area contributed by atoms with Crippen molar-refractivity contribution in [1.29, 1.82) is 0 Å². The average molecular weight is 592 g/mol. The van der Waals surface area contributed by atoms with E-state index in [1.807, 2.05) is 72.8 Å². The molecule has 0 amide bonds. The molecule has 4 heteroatoms. The second-order valence-corrected chi connectivity index (χ2v) is 11.2. The van der Waals surface area contributed by atoms with Crippen LogP contribution in [-0.2, 0) is 0 Å². The first-order chi connectivity index (χ1) is 26.8. The van der Waals surface area contributed by atoms with Crippen molar-refractivity contribution in [2.75, 3.05) is 0 Å². The van der Waals surface area contributed by atoms with E-state index in [-0.39, 0.29) is 38.9 Å². The van der Waals surface area contributed by atoms with E-state index < -0.39 is 78.2 Å². The van der Waals surface area contributed by atoms with Crippen LogP contribution in [0.2, 0.25) is 0 Å². The number of rotatable bonds is 4. The first kappa shape index (κ1) is 15.8. The molecule has 0 N–H and O–H groups in total. The minimum absolute atomic E-state index is 0.0853. The Balaban J connectivity index is 1.51. The summed E-state index contributed by atoms with van der Waals surface area (Å²) in [5.41, 5.74) is 0.931. The van der Waals surface area contributed by atoms with Crippen LogP contribution in [0.1, 0.15) is 16.4 Å². The fraction of sp³-hybridized carbons (Fsp3) is 0. The molecule has 0 unspecified atom stereocenters. The summed E-state index contributed by atoms with van der Waals surface area (Å²) in [4.78, 5) is 10.0. The molecule has 9 rings (SSSR count). The number of thiophene rings is 1. The second-order valence-electron chi connectivity index (χ2n) is 10.1. The third-order valence-corrected chi connectivity index (χ3v) is 8.84. The highest BCUT2D eigenvalue weighted by Crippen LogP contribution is 2.41. The van der Waals surface area contributed by atoms with Gasteiger partial charge in [-0.15, -0.1) is 11.3 Å². The van der Waals surface area contributed by atoms with Crippen molar-refractivity contribution in [3.8, 4) is 39.6 Å². The summed E-state index contributed by atoms with van der Waals surface area (Å²) in [6.07, 6.45) is 0. The van der Waals surface area contributed by atoms with Crippen LogP contribution in [0.5, 0.6) is 0 Å². The molecule has 3 aromatic heterocycles. The van der Waals surface area contributed by atoms with E-state index in [0.29, 0.717) is 16.8 Å². The molecule has 0 saturated heterocycles. The van der Waals surface area contributed by atoms with Gasteiger partial charge < -0.3 is 4.57 Å². The Morgan fingerprint density at radius 3 is 2.23 bits per heavy atom. The minimum Gasteiger partial charge on any atom is -0.309 e. The van der Waals surface area contributed by atoms with Crippen molar-refractivity contribution in [2.45, 2.75) is 0 Å². The Bertz CT molecular complexity index is 3150. The molecule has 0 aliphatic rings. The quantitative estimate of drug-likeness (QED) is 0.204. The number of fused-ring (bicyclic) bond motifs is 6. The lowest BCUT2D eigenvalue weighted by Crippen LogP contribution is -1.99. The summed E-state index contributed by atoms with van der Waals surface area (Å²) in [7, 11) is 0. The van der Waals surface area contributed by atoms with Gasteiger partial charge in [-0.1, -0.05) is 115 Å². The van der Waals surface area contributed by atoms with Gasteiger partial charge in [0.05, 0.1) is 38.9 Å². The van der Waals surface area contributed by atoms with E-state index in [9.17, 15) is 1.37 Å². The smallest absolute Gasteiger partial charge is 0.161 e. The fourth-order valence-corrected chi connectivity index (χ4v) is 6.92. The van der Waals surface area contributed by atoms with Gasteiger partial charge in [0.2, 0.25) is 0 Å². The zero-order valence-electron chi connectivity index (χ0n) is 34.8. The van der Waals surface area contributed by atoms with E-state index in [0.717, 1.165) is 24.7 Å². The molecule has 9 aromatic rings. The van der Waals surface area contributed by atoms with Crippen LogP contribution in [0, 0.1) is 0 Å². The predicted molar refractivity (Wildman–Crippen MR) is 186 cm³/mol. The van der Waals surface area contributed by atoms with E-state index in [1.54, 1.807) is 17.4 Å². The highest BCUT2D eigenvalue weighted by molar-refractivity contribution is 7.26. The predicted octanol–water partition coefficient (Wildman–Crippen LogP) is 10.9. The molecule has 44 heavy (non-hydrogen) atoms. The molecule has 206 valence electrons. The summed E-state index contributed by atoms with van der Waals surface area (Å²) in [5, 5.41) is 1.67. The first-order valence-corrected chi connectivity index (χ1v) is 14.6. The van der Waals surface area contributed by atoms with Crippen LogP contribution >= 0.6 is 11.3 Å². The van der Waals surface area contributed by atoms with Gasteiger partial charge >= 0.3 is 0 Å². The summed E-state index contributed by atoms with van der Waals surface area (Å²) in [6.45, 7) is 0. The highest BCUT2D eigenvalue weighted by Gasteiger charge is 2.20. The summed E-state index contributed by atoms with van der Waals surface area (Å²) >= 11 is 1.57. The lowest BCUT2D eigenvalue weighted by Gasteiger charge is -2.13. The Morgan fingerprint density at radius 2 is 1.32 bits per heavy atom. The summed E-state index contributed by atoms with van der Waals surface area (Å²) in [6, 6.07) is 17.2. The van der Waals surface area contributed by atoms with Gasteiger partial charge in [0.15, 0.2) is 5.82 Å². The van der Waals surface area contributed by atoms with Crippen LogP contribution in [0.15, 0.2) is 151 Å². The Hall–Kier alpha value is -5.58. The molecule has 0 atom stereocenters. The van der Waals surface area contributed by atoms with Gasteiger partial charge in [-0.25, -0.2) is 9.97 Å². The molecule has 0 spiro atoms. The van der Waals surface area contributed by atoms with Gasteiger partial charge in [0.1, 0.15) is 0 Å². The van der Waals surface area contributed by atoms with Crippen molar-refractivity contribution in [1.82, 2.24) is 14.5 Å². The summed E-state index contributed by atoms with van der Waals surface area (Å²) in [5.74, 6) is 0.266. The van der Waals surface area contributed by atoms with Crippen LogP contribution in [0.25, 0.3) is 81.6 Å². The van der Waals surface area contributed by atoms with Crippen molar-refractivity contribution in [3.05, 3.63) is 151 Å². The van der Waals surface area contributed by atoms with Crippen LogP contribution in [0.3, 0.4) is 0 Å². The summed E-state index contributed by atoms with van der Waals surface area (Å²) < 4.78 is 109. The van der Waals surface area contributed by atoms with Gasteiger partial charge in [-0.3, -0.25) is 0 Å². The molecule has 0 aliphatic heterocycles. The van der Waals surface area contributed by atoms with Gasteiger partial charge in [-0.2, -0.15) is 0 Å². The molecule has 0 saturated carbocycles. The zero-order valence-corrected chi connectivity index (χ0v) is 23.6. The maximum atomic E-state index is 9.42. The van der Waals surface area contributed by atoms with E-state index >= 15 is 0 Å². The molecular formula is C40H25N3S. The third-order valence-electron chi connectivity index (χ3n) is 7.62. The normalized spacial score (nSPS) is 15.5. The highest BCUT2D eigenvalue weighted by atomic mass is 32.1. The van der Waals surface area contributed by atoms with Crippen molar-refractivity contribution >= 4 is 53.3 Å². The molecular weight excluding hydrogens is 555 g/mol. The number of aromatic nitrogens is 3. The average Bonchev–Trinajstić information content (AvgIpc) is 3.77. The fourth-order valence-electron chi connectivity index (χ4n) is 5.71. The van der Waals surface area contributed by atoms with E-state index in [1.165, 1.54) is 0 Å². The number of hydrogen-bond donors (Lipinski definition) is 0. The molecule has 3 heterocycles. The van der Waals surface area contributed by atoms with E-state index in [4.69, 9.17) is 25.0 Å². The standard InChI is InChI=1S/C40H25N3S/c1-3-13-26(14-4-1)34-25-35(42-40(41-34)33-22-12-20-31-29-18-8-10-24-37(29)44-39(31)33)32-21-11-19-30-28-17-7-9-23-36(28)43(38(30)32)27-15-5-2-6-16-27/h1-25H/i2D,5D,6D,7D,9D,11D,15D,16D,17D,19D,21D,23D. The monoisotopic (exact) mass is 591 g/mol. The van der Waals surface area contributed by atoms with Gasteiger partial charge in [0.25, 0.3) is 0 Å². The lowest BCUT2D eigenvalue weighted by molar-refractivity contribution is 1.16. The topological polar surface area (TPSA) is 30.7 Å². The van der Waals surface area contributed by atoms with Gasteiger partial charge in [-0.05, 0) is 36.3 Å². The molecule has 0 bridgehead atoms. The van der Waals surface area contributed by atoms with Crippen LogP contribution in [-0.4, -0.2) is 14.5 Å². The number of hydrogen-bond acceptors (Lipinski definition) is 3. The third kappa shape index (κ3) is 3.89. The molecule has 6 aromatic carbocycles. The Morgan fingerprint density at radius 1 is 0.568 bits per heavy atom. The number of nitrogens with zero attached hydrogens (tertiary/aromatic N) is 3. The van der Waals surface area contributed by atoms with Crippen LogP contribution < -0.4 is 0 Å². The molecule has 0 aliphatic carbocycles. The zero-order chi connectivity index (χ0) is 39.5. The molecule has 0 fully saturated rings. The maximum Gasteiger partial charge on any atom is 0.161 e. The number of benzene rings is 6. The largest absolute Gasteiger partial charge is 0.309 e. The molecule has 3 nitrogen and oxygen atoms in total. The SMILES string of the molecule is [2H]c1c([2H])c([2H])c(-n2c3c([2H])c([2H])c([2H])c([2H])c3c3c([2H])c([2H])c([2H])c(-c4cc(-c5ccccc5)nc(-c5cccc6c5sc5ccccc56)n4)c32)c([2H])c1[2H]. The van der Waals surface area contributed by atoms with Crippen LogP contribution in [0.4, 0.5) is 0 Å².